The van der Waals surface area contributed by atoms with Crippen LogP contribution in [0.25, 0.3) is 0 Å². The van der Waals surface area contributed by atoms with Crippen LogP contribution in [0.15, 0.2) is 0 Å². The molecule has 102 valence electrons. The quantitative estimate of drug-likeness (QED) is 0.513. The number of esters is 2. The molecule has 0 saturated carbocycles. The molecule has 0 radical (unpaired) electrons. The molecule has 18 heavy (non-hydrogen) atoms. The molecule has 0 fully saturated rings. The van der Waals surface area contributed by atoms with E-state index in [-0.39, 0.29) is 6.42 Å². The molecule has 0 rings (SSSR count). The Morgan fingerprint density at radius 1 is 1.06 bits per heavy atom. The number of ketones is 1. The van der Waals surface area contributed by atoms with Gasteiger partial charge in [-0.3, -0.25) is 19.2 Å². The maximum Gasteiger partial charge on any atom is 0.323 e. The van der Waals surface area contributed by atoms with Crippen molar-refractivity contribution in [3.8, 4) is 0 Å². The summed E-state index contributed by atoms with van der Waals surface area (Å²) in [5, 5.41) is 8.63. The Hall–Kier alpha value is -1.92. The molecule has 0 heterocycles. The molecule has 0 unspecified atom stereocenters. The molecule has 0 atom stereocenters. The first-order valence-electron chi connectivity index (χ1n) is 5.18. The molecule has 0 aromatic rings. The van der Waals surface area contributed by atoms with Crippen LogP contribution < -0.4 is 0 Å². The third kappa shape index (κ3) is 3.83. The average Bonchev–Trinajstić information content (AvgIpc) is 2.31. The van der Waals surface area contributed by atoms with Gasteiger partial charge in [-0.05, 0) is 13.3 Å². The van der Waals surface area contributed by atoms with Crippen LogP contribution in [-0.4, -0.2) is 43.0 Å². The fourth-order valence-corrected chi connectivity index (χ4v) is 1.66. The molecule has 7 nitrogen and oxygen atoms in total. The van der Waals surface area contributed by atoms with E-state index in [1.165, 1.54) is 6.92 Å². The smallest absolute Gasteiger partial charge is 0.323 e. The van der Waals surface area contributed by atoms with Gasteiger partial charge in [-0.2, -0.15) is 0 Å². The Kier molecular flexibility index (Phi) is 6.01. The van der Waals surface area contributed by atoms with Crippen molar-refractivity contribution < 1.29 is 33.8 Å². The van der Waals surface area contributed by atoms with E-state index in [0.717, 1.165) is 14.2 Å². The predicted molar refractivity (Wildman–Crippen MR) is 58.6 cm³/mol. The lowest BCUT2D eigenvalue weighted by Gasteiger charge is -2.26. The summed E-state index contributed by atoms with van der Waals surface area (Å²) in [6.07, 6.45) is -1.24. The van der Waals surface area contributed by atoms with Crippen LogP contribution in [-0.2, 0) is 28.7 Å². The number of rotatable bonds is 7. The molecule has 0 bridgehead atoms. The first-order valence-corrected chi connectivity index (χ1v) is 5.18. The van der Waals surface area contributed by atoms with Crippen molar-refractivity contribution in [2.45, 2.75) is 26.2 Å². The minimum Gasteiger partial charge on any atom is -0.481 e. The highest BCUT2D eigenvalue weighted by molar-refractivity contribution is 6.03. The first-order chi connectivity index (χ1) is 8.30. The van der Waals surface area contributed by atoms with Crippen molar-refractivity contribution in [2.24, 2.45) is 5.41 Å². The summed E-state index contributed by atoms with van der Waals surface area (Å²) in [7, 11) is 2.11. The van der Waals surface area contributed by atoms with Crippen LogP contribution in [0.5, 0.6) is 0 Å². The molecule has 0 spiro atoms. The number of aliphatic carboxylic acids is 1. The second-order valence-electron chi connectivity index (χ2n) is 3.84. The minimum atomic E-state index is -1.88. The van der Waals surface area contributed by atoms with Gasteiger partial charge in [-0.15, -0.1) is 0 Å². The standard InChI is InChI=1S/C11H16O7/c1-7(12)6-11(9(15)17-2,10(16)18-3)5-4-8(13)14/h4-6H2,1-3H3,(H,13,14). The zero-order valence-electron chi connectivity index (χ0n) is 10.5. The van der Waals surface area contributed by atoms with E-state index in [0.29, 0.717) is 0 Å². The third-order valence-electron chi connectivity index (χ3n) is 2.47. The lowest BCUT2D eigenvalue weighted by atomic mass is 9.78. The molecule has 0 aliphatic carbocycles. The number of methoxy groups -OCH3 is 2. The Morgan fingerprint density at radius 3 is 1.78 bits per heavy atom. The average molecular weight is 260 g/mol. The second kappa shape index (κ2) is 6.73. The van der Waals surface area contributed by atoms with Gasteiger partial charge in [-0.25, -0.2) is 0 Å². The van der Waals surface area contributed by atoms with Gasteiger partial charge in [-0.1, -0.05) is 0 Å². The number of ether oxygens (including phenoxy) is 2. The Labute approximate surface area is 104 Å². The van der Waals surface area contributed by atoms with E-state index in [9.17, 15) is 19.2 Å². The summed E-state index contributed by atoms with van der Waals surface area (Å²) in [5.41, 5.74) is -1.88. The van der Waals surface area contributed by atoms with E-state index < -0.39 is 41.9 Å². The van der Waals surface area contributed by atoms with Crippen LogP contribution in [0.3, 0.4) is 0 Å². The van der Waals surface area contributed by atoms with Crippen LogP contribution >= 0.6 is 0 Å². The zero-order chi connectivity index (χ0) is 14.3. The van der Waals surface area contributed by atoms with E-state index >= 15 is 0 Å². The summed E-state index contributed by atoms with van der Waals surface area (Å²) in [6.45, 7) is 1.20. The molecule has 1 N–H and O–H groups in total. The second-order valence-corrected chi connectivity index (χ2v) is 3.84. The van der Waals surface area contributed by atoms with Crippen molar-refractivity contribution in [2.75, 3.05) is 14.2 Å². The van der Waals surface area contributed by atoms with Gasteiger partial charge in [0, 0.05) is 12.8 Å². The number of hydrogen-bond donors (Lipinski definition) is 1. The van der Waals surface area contributed by atoms with E-state index in [2.05, 4.69) is 9.47 Å². The first kappa shape index (κ1) is 16.1. The predicted octanol–water partition coefficient (Wildman–Crippen LogP) is 0.163. The zero-order valence-corrected chi connectivity index (χ0v) is 10.5. The fourth-order valence-electron chi connectivity index (χ4n) is 1.66. The van der Waals surface area contributed by atoms with E-state index in [4.69, 9.17) is 5.11 Å². The number of carbonyl (C=O) groups is 4. The maximum atomic E-state index is 11.7. The highest BCUT2D eigenvalue weighted by Crippen LogP contribution is 2.32. The highest BCUT2D eigenvalue weighted by atomic mass is 16.5. The molecule has 0 amide bonds. The largest absolute Gasteiger partial charge is 0.481 e. The van der Waals surface area contributed by atoms with Gasteiger partial charge in [0.1, 0.15) is 5.78 Å². The number of carboxylic acids is 1. The minimum absolute atomic E-state index is 0.346. The summed E-state index contributed by atoms with van der Waals surface area (Å²) in [5.74, 6) is -3.55. The van der Waals surface area contributed by atoms with Gasteiger partial charge in [0.05, 0.1) is 14.2 Å². The van der Waals surface area contributed by atoms with Gasteiger partial charge in [0.25, 0.3) is 0 Å². The normalized spacial score (nSPS) is 10.6. The summed E-state index contributed by atoms with van der Waals surface area (Å²) in [4.78, 5) is 45.2. The summed E-state index contributed by atoms with van der Waals surface area (Å²) < 4.78 is 8.97. The number of Topliss-reactive ketones (excluding diaryl/α,β-unsaturated/α-hetero) is 1. The molecular weight excluding hydrogens is 244 g/mol. The molecule has 0 aromatic carbocycles. The molecule has 7 heteroatoms. The van der Waals surface area contributed by atoms with Crippen molar-refractivity contribution in [3.63, 3.8) is 0 Å². The molecule has 0 aliphatic rings. The van der Waals surface area contributed by atoms with Crippen LogP contribution in [0.2, 0.25) is 0 Å². The van der Waals surface area contributed by atoms with Gasteiger partial charge < -0.3 is 14.6 Å². The monoisotopic (exact) mass is 260 g/mol. The molecule has 0 aliphatic heterocycles. The van der Waals surface area contributed by atoms with Crippen molar-refractivity contribution in [1.82, 2.24) is 0 Å². The topological polar surface area (TPSA) is 107 Å². The summed E-state index contributed by atoms with van der Waals surface area (Å²) >= 11 is 0. The Balaban J connectivity index is 5.38. The third-order valence-corrected chi connectivity index (χ3v) is 2.47. The lowest BCUT2D eigenvalue weighted by Crippen LogP contribution is -2.43. The Bertz CT molecular complexity index is 342. The van der Waals surface area contributed by atoms with Crippen molar-refractivity contribution >= 4 is 23.7 Å². The lowest BCUT2D eigenvalue weighted by molar-refractivity contribution is -0.172. The molecule has 0 aromatic heterocycles. The van der Waals surface area contributed by atoms with E-state index in [1.807, 2.05) is 0 Å². The van der Waals surface area contributed by atoms with Crippen LogP contribution in [0, 0.1) is 5.41 Å². The maximum absolute atomic E-state index is 11.7. The Morgan fingerprint density at radius 2 is 1.50 bits per heavy atom. The SMILES string of the molecule is COC(=O)C(CCC(=O)O)(CC(C)=O)C(=O)OC. The number of carbonyl (C=O) groups excluding carboxylic acids is 3. The van der Waals surface area contributed by atoms with Gasteiger partial charge >= 0.3 is 17.9 Å². The highest BCUT2D eigenvalue weighted by Gasteiger charge is 2.49. The summed E-state index contributed by atoms with van der Waals surface area (Å²) in [6, 6.07) is 0. The molecule has 0 saturated heterocycles. The number of hydrogen-bond acceptors (Lipinski definition) is 6. The fraction of sp³-hybridized carbons (Fsp3) is 0.636. The van der Waals surface area contributed by atoms with Crippen molar-refractivity contribution in [3.05, 3.63) is 0 Å². The number of carboxylic acid groups (broad SMARTS) is 1. The van der Waals surface area contributed by atoms with Crippen LogP contribution in [0.4, 0.5) is 0 Å². The van der Waals surface area contributed by atoms with E-state index in [1.54, 1.807) is 0 Å². The van der Waals surface area contributed by atoms with Crippen molar-refractivity contribution in [1.29, 1.82) is 0 Å². The van der Waals surface area contributed by atoms with Crippen LogP contribution in [0.1, 0.15) is 26.2 Å². The molecular formula is C11H16O7. The van der Waals surface area contributed by atoms with Gasteiger partial charge in [0.2, 0.25) is 0 Å². The van der Waals surface area contributed by atoms with Gasteiger partial charge in [0.15, 0.2) is 5.41 Å².